The first-order chi connectivity index (χ1) is 16.2. The summed E-state index contributed by atoms with van der Waals surface area (Å²) in [5.74, 6) is -1.44. The van der Waals surface area contributed by atoms with E-state index in [1.54, 1.807) is 7.11 Å². The molecule has 220 valence electrons. The van der Waals surface area contributed by atoms with E-state index < -0.39 is 23.5 Å². The molecule has 0 amide bonds. The Morgan fingerprint density at radius 2 is 1.19 bits per heavy atom. The summed E-state index contributed by atoms with van der Waals surface area (Å²) in [6.07, 6.45) is -0.968. The van der Waals surface area contributed by atoms with Gasteiger partial charge in [-0.3, -0.25) is 0 Å². The topological polar surface area (TPSA) is 158 Å². The van der Waals surface area contributed by atoms with Crippen molar-refractivity contribution >= 4 is 12.4 Å². The third-order valence-electron chi connectivity index (χ3n) is 4.51. The first-order valence-electron chi connectivity index (χ1n) is 11.6. The number of halogens is 1. The van der Waals surface area contributed by atoms with Crippen molar-refractivity contribution in [2.24, 2.45) is 0 Å². The molecule has 4 atom stereocenters. The molecule has 3 saturated heterocycles. The van der Waals surface area contributed by atoms with Crippen LogP contribution in [0.4, 0.5) is 0 Å². The van der Waals surface area contributed by atoms with Crippen LogP contribution in [-0.4, -0.2) is 124 Å². The van der Waals surface area contributed by atoms with Gasteiger partial charge in [0.2, 0.25) is 0 Å². The van der Waals surface area contributed by atoms with Gasteiger partial charge < -0.3 is 58.3 Å². The van der Waals surface area contributed by atoms with Gasteiger partial charge in [-0.25, -0.2) is 0 Å². The van der Waals surface area contributed by atoms with Crippen LogP contribution in [0.2, 0.25) is 0 Å². The summed E-state index contributed by atoms with van der Waals surface area (Å²) in [4.78, 5) is 0. The maximum absolute atomic E-state index is 10.2. The molecule has 0 radical (unpaired) electrons. The predicted molar refractivity (Wildman–Crippen MR) is 131 cm³/mol. The molecule has 4 unspecified atom stereocenters. The van der Waals surface area contributed by atoms with E-state index in [9.17, 15) is 5.11 Å². The van der Waals surface area contributed by atoms with Gasteiger partial charge in [-0.05, 0) is 41.5 Å². The molecule has 3 N–H and O–H groups in total. The molecule has 14 heteroatoms. The molecular weight excluding hydrogens is 527 g/mol. The van der Waals surface area contributed by atoms with Crippen molar-refractivity contribution in [1.82, 2.24) is 0 Å². The third-order valence-corrected chi connectivity index (χ3v) is 4.51. The molecule has 0 saturated carbocycles. The normalized spacial score (nSPS) is 27.1. The number of rotatable bonds is 7. The minimum atomic E-state index is -0.718. The first kappa shape index (κ1) is 42.3. The molecule has 3 fully saturated rings. The Hall–Kier alpha value is 0.810. The zero-order valence-electron chi connectivity index (χ0n) is 23.9. The fourth-order valence-corrected chi connectivity index (χ4v) is 2.97. The van der Waals surface area contributed by atoms with Gasteiger partial charge in [-0.2, -0.15) is 0 Å². The van der Waals surface area contributed by atoms with Crippen LogP contribution in [0.1, 0.15) is 41.5 Å². The monoisotopic (exact) mass is 574 g/mol. The average Bonchev–Trinajstić information content (AvgIpc) is 3.44. The summed E-state index contributed by atoms with van der Waals surface area (Å²) >= 11 is 0. The van der Waals surface area contributed by atoms with E-state index in [-0.39, 0.29) is 86.7 Å². The standard InChI is InChI=1S/C7H14O3.C6H12O3.C6H11O3.C4H10O3.ClH.Na/c1-7(2)9-5-6(10-7)4-8-3;2*1-6(2)8-4-5(3-7)9-6;1-7-3-4(6)2-5;;/h6H,4-5H2,1-3H3;5,7H,3-4H2,1-2H3;5H,3-4H2,1-2H3;4-6H,2-3H2,1H3;1H;/q;;-1;;;+1. The van der Waals surface area contributed by atoms with Crippen LogP contribution < -0.4 is 34.7 Å². The smallest absolute Gasteiger partial charge is 0.853 e. The fraction of sp³-hybridized carbons (Fsp3) is 1.00. The predicted octanol–water partition coefficient (Wildman–Crippen LogP) is -3.18. The molecule has 3 rings (SSSR count). The van der Waals surface area contributed by atoms with Crippen LogP contribution in [0.15, 0.2) is 0 Å². The molecule has 3 aliphatic heterocycles. The van der Waals surface area contributed by atoms with Crippen LogP contribution in [0.3, 0.4) is 0 Å². The van der Waals surface area contributed by atoms with Crippen LogP contribution in [0.5, 0.6) is 0 Å². The summed E-state index contributed by atoms with van der Waals surface area (Å²) in [6.45, 7) is 13.1. The summed E-state index contributed by atoms with van der Waals surface area (Å²) < 4.78 is 40.8. The van der Waals surface area contributed by atoms with Crippen molar-refractivity contribution in [2.75, 3.05) is 67.1 Å². The van der Waals surface area contributed by atoms with Crippen molar-refractivity contribution in [1.29, 1.82) is 0 Å². The van der Waals surface area contributed by atoms with E-state index >= 15 is 0 Å². The molecule has 0 aromatic carbocycles. The number of methoxy groups -OCH3 is 2. The number of hydrogen-bond acceptors (Lipinski definition) is 12. The number of aliphatic hydroxyl groups is 3. The molecular formula is C23H48ClNaO12. The molecule has 0 aromatic rings. The van der Waals surface area contributed by atoms with Crippen LogP contribution >= 0.6 is 12.4 Å². The molecule has 3 aliphatic rings. The maximum atomic E-state index is 10.2. The van der Waals surface area contributed by atoms with Gasteiger partial charge in [0, 0.05) is 14.2 Å². The van der Waals surface area contributed by atoms with Crippen molar-refractivity contribution in [3.8, 4) is 0 Å². The Labute approximate surface area is 249 Å². The molecule has 3 heterocycles. The molecule has 12 nitrogen and oxygen atoms in total. The van der Waals surface area contributed by atoms with Crippen LogP contribution in [0.25, 0.3) is 0 Å². The minimum absolute atomic E-state index is 0. The first-order valence-corrected chi connectivity index (χ1v) is 11.6. The Bertz CT molecular complexity index is 516. The number of ether oxygens (including phenoxy) is 8. The quantitative estimate of drug-likeness (QED) is 0.262. The molecule has 0 aromatic heterocycles. The largest absolute Gasteiger partial charge is 1.00 e. The Kier molecular flexibility index (Phi) is 24.6. The Morgan fingerprint density at radius 3 is 1.38 bits per heavy atom. The van der Waals surface area contributed by atoms with E-state index in [2.05, 4.69) is 4.74 Å². The average molecular weight is 575 g/mol. The van der Waals surface area contributed by atoms with E-state index in [1.165, 1.54) is 7.11 Å². The Balaban J connectivity index is -0.000000412. The van der Waals surface area contributed by atoms with E-state index in [4.69, 9.17) is 48.5 Å². The van der Waals surface area contributed by atoms with Gasteiger partial charge in [0.05, 0.1) is 52.4 Å². The van der Waals surface area contributed by atoms with Gasteiger partial charge in [0.15, 0.2) is 17.4 Å². The van der Waals surface area contributed by atoms with E-state index in [1.807, 2.05) is 41.5 Å². The second kappa shape index (κ2) is 21.5. The Morgan fingerprint density at radius 1 is 0.784 bits per heavy atom. The van der Waals surface area contributed by atoms with Crippen molar-refractivity contribution in [3.05, 3.63) is 0 Å². The minimum Gasteiger partial charge on any atom is -0.853 e. The summed E-state index contributed by atoms with van der Waals surface area (Å²) in [6, 6.07) is 0. The van der Waals surface area contributed by atoms with Gasteiger partial charge in [0.1, 0.15) is 18.3 Å². The third kappa shape index (κ3) is 21.3. The molecule has 37 heavy (non-hydrogen) atoms. The summed E-state index contributed by atoms with van der Waals surface area (Å²) in [5, 5.41) is 35.4. The van der Waals surface area contributed by atoms with Gasteiger partial charge in [-0.15, -0.1) is 19.0 Å². The summed E-state index contributed by atoms with van der Waals surface area (Å²) in [7, 11) is 3.13. The number of aliphatic hydroxyl groups excluding tert-OH is 3. The zero-order valence-corrected chi connectivity index (χ0v) is 26.7. The second-order valence-electron chi connectivity index (χ2n) is 9.45. The van der Waals surface area contributed by atoms with Gasteiger partial charge >= 0.3 is 29.6 Å². The molecule has 0 aliphatic carbocycles. The van der Waals surface area contributed by atoms with E-state index in [0.717, 1.165) is 0 Å². The van der Waals surface area contributed by atoms with Crippen LogP contribution in [-0.2, 0) is 37.9 Å². The van der Waals surface area contributed by atoms with Crippen LogP contribution in [0, 0.1) is 0 Å². The zero-order chi connectivity index (χ0) is 27.1. The summed E-state index contributed by atoms with van der Waals surface area (Å²) in [5.41, 5.74) is 0. The van der Waals surface area contributed by atoms with Crippen molar-refractivity contribution in [2.45, 2.75) is 83.3 Å². The van der Waals surface area contributed by atoms with Crippen molar-refractivity contribution < 1.29 is 87.9 Å². The fourth-order valence-electron chi connectivity index (χ4n) is 2.97. The SMILES string of the molecule is CC1(C)OCC(CO)O1.CC1(C)OCC(C[O-])O1.COCC(O)CO.COCC1COC(C)(C)O1.Cl.[Na+]. The second-order valence-corrected chi connectivity index (χ2v) is 9.45. The molecule has 0 spiro atoms. The van der Waals surface area contributed by atoms with Gasteiger partial charge in [-0.1, -0.05) is 0 Å². The van der Waals surface area contributed by atoms with E-state index in [0.29, 0.717) is 26.4 Å². The van der Waals surface area contributed by atoms with Gasteiger partial charge in [0.25, 0.3) is 0 Å². The maximum Gasteiger partial charge on any atom is 1.00 e. The number of hydrogen-bond donors (Lipinski definition) is 3. The van der Waals surface area contributed by atoms with Crippen molar-refractivity contribution in [3.63, 3.8) is 0 Å². The molecule has 0 bridgehead atoms.